The minimum atomic E-state index is -3.30. The van der Waals surface area contributed by atoms with Crippen LogP contribution in [0.4, 0.5) is 0 Å². The second-order valence-electron chi connectivity index (χ2n) is 6.95. The van der Waals surface area contributed by atoms with Gasteiger partial charge in [-0.05, 0) is 25.3 Å². The van der Waals surface area contributed by atoms with Crippen LogP contribution in [-0.4, -0.2) is 68.0 Å². The van der Waals surface area contributed by atoms with Crippen LogP contribution in [-0.2, 0) is 21.2 Å². The highest BCUT2D eigenvalue weighted by Crippen LogP contribution is 2.27. The molecule has 7 heteroatoms. The molecule has 0 unspecified atom stereocenters. The van der Waals surface area contributed by atoms with Gasteiger partial charge in [0.2, 0.25) is 15.9 Å². The van der Waals surface area contributed by atoms with Crippen LogP contribution in [0.5, 0.6) is 0 Å². The molecule has 1 N–H and O–H groups in total. The molecule has 6 nitrogen and oxygen atoms in total. The Labute approximate surface area is 150 Å². The smallest absolute Gasteiger partial charge is 0.227 e. The molecular weight excluding hydrogens is 338 g/mol. The highest BCUT2D eigenvalue weighted by molar-refractivity contribution is 7.89. The fourth-order valence-corrected chi connectivity index (χ4v) is 4.57. The molecular formula is C18H27N3O3S. The van der Waals surface area contributed by atoms with E-state index in [4.69, 9.17) is 0 Å². The van der Waals surface area contributed by atoms with Crippen LogP contribution in [0, 0.1) is 6.92 Å². The fraction of sp³-hybridized carbons (Fsp3) is 0.611. The molecule has 1 aromatic rings. The summed E-state index contributed by atoms with van der Waals surface area (Å²) in [6.07, 6.45) is 2.30. The molecule has 0 atom stereocenters. The van der Waals surface area contributed by atoms with Gasteiger partial charge in [-0.25, -0.2) is 8.42 Å². The number of amides is 1. The Hall–Kier alpha value is -1.44. The van der Waals surface area contributed by atoms with E-state index in [1.807, 2.05) is 31.2 Å². The van der Waals surface area contributed by atoms with Crippen LogP contribution in [0.2, 0.25) is 0 Å². The van der Waals surface area contributed by atoms with Crippen LogP contribution in [0.1, 0.15) is 24.0 Å². The van der Waals surface area contributed by atoms with Gasteiger partial charge in [-0.3, -0.25) is 4.79 Å². The largest absolute Gasteiger partial charge is 0.338 e. The summed E-state index contributed by atoms with van der Waals surface area (Å²) in [7, 11) is -3.30. The van der Waals surface area contributed by atoms with Gasteiger partial charge >= 0.3 is 0 Å². The zero-order valence-corrected chi connectivity index (χ0v) is 15.6. The van der Waals surface area contributed by atoms with Crippen molar-refractivity contribution in [3.8, 4) is 0 Å². The normalized spacial score (nSPS) is 18.9. The molecule has 3 rings (SSSR count). The monoisotopic (exact) mass is 365 g/mol. The van der Waals surface area contributed by atoms with Crippen molar-refractivity contribution < 1.29 is 13.2 Å². The summed E-state index contributed by atoms with van der Waals surface area (Å²) in [6, 6.07) is 8.15. The number of aryl methyl sites for hydroxylation is 1. The van der Waals surface area contributed by atoms with Crippen LogP contribution >= 0.6 is 0 Å². The Morgan fingerprint density at radius 1 is 1.20 bits per heavy atom. The second-order valence-corrected chi connectivity index (χ2v) is 9.03. The molecule has 1 aliphatic heterocycles. The van der Waals surface area contributed by atoms with Crippen LogP contribution in [0.3, 0.4) is 0 Å². The van der Waals surface area contributed by atoms with E-state index in [1.54, 1.807) is 9.21 Å². The number of benzene rings is 1. The van der Waals surface area contributed by atoms with Crippen LogP contribution < -0.4 is 5.32 Å². The average molecular weight is 365 g/mol. The molecule has 1 saturated carbocycles. The summed E-state index contributed by atoms with van der Waals surface area (Å²) in [5, 5.41) is 3.16. The fourth-order valence-electron chi connectivity index (χ4n) is 3.14. The molecule has 2 fully saturated rings. The first-order valence-electron chi connectivity index (χ1n) is 8.99. The van der Waals surface area contributed by atoms with Gasteiger partial charge in [0.25, 0.3) is 0 Å². The zero-order chi connectivity index (χ0) is 17.9. The van der Waals surface area contributed by atoms with Gasteiger partial charge in [-0.2, -0.15) is 4.31 Å². The van der Waals surface area contributed by atoms with Gasteiger partial charge in [0.15, 0.2) is 0 Å². The van der Waals surface area contributed by atoms with Gasteiger partial charge in [0.1, 0.15) is 0 Å². The summed E-state index contributed by atoms with van der Waals surface area (Å²) < 4.78 is 26.6. The topological polar surface area (TPSA) is 69.7 Å². The maximum Gasteiger partial charge on any atom is 0.227 e. The Balaban J connectivity index is 1.59. The van der Waals surface area contributed by atoms with E-state index in [9.17, 15) is 13.2 Å². The quantitative estimate of drug-likeness (QED) is 0.775. The molecule has 1 heterocycles. The second kappa shape index (κ2) is 7.85. The molecule has 25 heavy (non-hydrogen) atoms. The standard InChI is InChI=1S/C18H27N3O3S/c1-15-2-4-16(5-3-15)14-18(22)21(17-6-7-17)12-13-25(23,24)20-10-8-19-9-11-20/h2-5,17,19H,6-14H2,1H3. The Kier molecular flexibility index (Phi) is 5.76. The number of nitrogens with one attached hydrogen (secondary N) is 1. The maximum absolute atomic E-state index is 12.7. The third-order valence-electron chi connectivity index (χ3n) is 4.84. The van der Waals surface area contributed by atoms with Gasteiger partial charge in [-0.1, -0.05) is 29.8 Å². The molecule has 1 aromatic carbocycles. The van der Waals surface area contributed by atoms with Gasteiger partial charge in [-0.15, -0.1) is 0 Å². The molecule has 2 aliphatic rings. The van der Waals surface area contributed by atoms with Crippen molar-refractivity contribution >= 4 is 15.9 Å². The number of nitrogens with zero attached hydrogens (tertiary/aromatic N) is 2. The molecule has 0 bridgehead atoms. The molecule has 1 amide bonds. The van der Waals surface area contributed by atoms with E-state index in [-0.39, 0.29) is 17.7 Å². The Bertz CT molecular complexity index is 693. The van der Waals surface area contributed by atoms with Crippen molar-refractivity contribution in [1.82, 2.24) is 14.5 Å². The number of hydrogen-bond acceptors (Lipinski definition) is 4. The molecule has 1 aliphatic carbocycles. The lowest BCUT2D eigenvalue weighted by atomic mass is 10.1. The van der Waals surface area contributed by atoms with Crippen molar-refractivity contribution in [3.63, 3.8) is 0 Å². The minimum absolute atomic E-state index is 0.0170. The van der Waals surface area contributed by atoms with Crippen molar-refractivity contribution in [1.29, 1.82) is 0 Å². The molecule has 0 aromatic heterocycles. The summed E-state index contributed by atoms with van der Waals surface area (Å²) in [5.74, 6) is 0.0465. The summed E-state index contributed by atoms with van der Waals surface area (Å²) in [4.78, 5) is 14.5. The number of rotatable bonds is 7. The van der Waals surface area contributed by atoms with Crippen molar-refractivity contribution in [2.24, 2.45) is 0 Å². The summed E-state index contributed by atoms with van der Waals surface area (Å²) in [5.41, 5.74) is 2.14. The first kappa shape index (κ1) is 18.4. The first-order valence-corrected chi connectivity index (χ1v) is 10.6. The third-order valence-corrected chi connectivity index (χ3v) is 6.69. The number of piperazine rings is 1. The van der Waals surface area contributed by atoms with Crippen molar-refractivity contribution in [2.75, 3.05) is 38.5 Å². The predicted octanol–water partition coefficient (Wildman–Crippen LogP) is 0.764. The summed E-state index contributed by atoms with van der Waals surface area (Å²) in [6.45, 7) is 4.73. The van der Waals surface area contributed by atoms with Gasteiger partial charge in [0.05, 0.1) is 12.2 Å². The van der Waals surface area contributed by atoms with E-state index in [0.29, 0.717) is 39.1 Å². The maximum atomic E-state index is 12.7. The van der Waals surface area contributed by atoms with E-state index in [0.717, 1.165) is 24.0 Å². The molecule has 0 radical (unpaired) electrons. The molecule has 1 saturated heterocycles. The first-order chi connectivity index (χ1) is 12.0. The number of hydrogen-bond donors (Lipinski definition) is 1. The molecule has 138 valence electrons. The number of carbonyl (C=O) groups excluding carboxylic acids is 1. The van der Waals surface area contributed by atoms with E-state index in [2.05, 4.69) is 5.32 Å². The lowest BCUT2D eigenvalue weighted by molar-refractivity contribution is -0.130. The van der Waals surface area contributed by atoms with Gasteiger partial charge < -0.3 is 10.2 Å². The van der Waals surface area contributed by atoms with Crippen LogP contribution in [0.15, 0.2) is 24.3 Å². The highest BCUT2D eigenvalue weighted by atomic mass is 32.2. The lowest BCUT2D eigenvalue weighted by Crippen LogP contribution is -2.48. The highest BCUT2D eigenvalue weighted by Gasteiger charge is 2.34. The summed E-state index contributed by atoms with van der Waals surface area (Å²) >= 11 is 0. The van der Waals surface area contributed by atoms with Crippen molar-refractivity contribution in [3.05, 3.63) is 35.4 Å². The number of carbonyl (C=O) groups is 1. The zero-order valence-electron chi connectivity index (χ0n) is 14.8. The van der Waals surface area contributed by atoms with Crippen molar-refractivity contribution in [2.45, 2.75) is 32.2 Å². The third kappa shape index (κ3) is 5.03. The van der Waals surface area contributed by atoms with E-state index in [1.165, 1.54) is 0 Å². The SMILES string of the molecule is Cc1ccc(CC(=O)N(CCS(=O)(=O)N2CCNCC2)C2CC2)cc1. The van der Waals surface area contributed by atoms with E-state index >= 15 is 0 Å². The minimum Gasteiger partial charge on any atom is -0.338 e. The Morgan fingerprint density at radius 3 is 2.44 bits per heavy atom. The predicted molar refractivity (Wildman–Crippen MR) is 97.8 cm³/mol. The average Bonchev–Trinajstić information content (AvgIpc) is 3.43. The van der Waals surface area contributed by atoms with Crippen LogP contribution in [0.25, 0.3) is 0 Å². The molecule has 0 spiro atoms. The Morgan fingerprint density at radius 2 is 1.84 bits per heavy atom. The lowest BCUT2D eigenvalue weighted by Gasteiger charge is -2.28. The van der Waals surface area contributed by atoms with E-state index < -0.39 is 10.0 Å². The number of sulfonamides is 1. The van der Waals surface area contributed by atoms with Gasteiger partial charge in [0, 0.05) is 38.8 Å².